The van der Waals surface area contributed by atoms with Gasteiger partial charge in [0, 0.05) is 11.7 Å². The maximum Gasteiger partial charge on any atom is 0.313 e. The SMILES string of the molecule is O=C(Nc1ccc(Cl)c(Cl)c1)C(=O)NC1CCCCC1. The zero-order chi connectivity index (χ0) is 14.5. The molecule has 1 aliphatic carbocycles. The van der Waals surface area contributed by atoms with Gasteiger partial charge in [-0.1, -0.05) is 42.5 Å². The van der Waals surface area contributed by atoms with Crippen LogP contribution in [0.25, 0.3) is 0 Å². The second-order valence-corrected chi connectivity index (χ2v) is 5.71. The molecular weight excluding hydrogens is 299 g/mol. The topological polar surface area (TPSA) is 58.2 Å². The Morgan fingerprint density at radius 1 is 1.00 bits per heavy atom. The molecule has 0 unspecified atom stereocenters. The first-order valence-corrected chi connectivity index (χ1v) is 7.39. The molecule has 0 saturated heterocycles. The normalized spacial score (nSPS) is 15.7. The smallest absolute Gasteiger partial charge is 0.313 e. The third kappa shape index (κ3) is 4.12. The molecule has 2 rings (SSSR count). The highest BCUT2D eigenvalue weighted by molar-refractivity contribution is 6.42. The molecule has 108 valence electrons. The van der Waals surface area contributed by atoms with E-state index in [0.717, 1.165) is 25.7 Å². The van der Waals surface area contributed by atoms with Crippen molar-refractivity contribution in [1.82, 2.24) is 5.32 Å². The molecule has 0 heterocycles. The van der Waals surface area contributed by atoms with Crippen molar-refractivity contribution >= 4 is 40.7 Å². The lowest BCUT2D eigenvalue weighted by Gasteiger charge is -2.22. The van der Waals surface area contributed by atoms with Crippen molar-refractivity contribution in [2.75, 3.05) is 5.32 Å². The van der Waals surface area contributed by atoms with Crippen LogP contribution in [0.4, 0.5) is 5.69 Å². The summed E-state index contributed by atoms with van der Waals surface area (Å²) in [5.74, 6) is -1.29. The maximum absolute atomic E-state index is 11.8. The predicted octanol–water partition coefficient (Wildman–Crippen LogP) is 3.38. The molecule has 2 N–H and O–H groups in total. The van der Waals surface area contributed by atoms with Crippen LogP contribution in [0.3, 0.4) is 0 Å². The number of amides is 2. The van der Waals surface area contributed by atoms with Crippen LogP contribution in [-0.2, 0) is 9.59 Å². The summed E-state index contributed by atoms with van der Waals surface area (Å²) in [4.78, 5) is 23.6. The number of rotatable bonds is 2. The second-order valence-electron chi connectivity index (χ2n) is 4.89. The molecule has 0 radical (unpaired) electrons. The van der Waals surface area contributed by atoms with Gasteiger partial charge in [0.2, 0.25) is 0 Å². The van der Waals surface area contributed by atoms with Crippen molar-refractivity contribution in [1.29, 1.82) is 0 Å². The fourth-order valence-electron chi connectivity index (χ4n) is 2.26. The van der Waals surface area contributed by atoms with Crippen molar-refractivity contribution < 1.29 is 9.59 Å². The number of anilines is 1. The Morgan fingerprint density at radius 3 is 2.35 bits per heavy atom. The van der Waals surface area contributed by atoms with E-state index in [-0.39, 0.29) is 6.04 Å². The molecule has 0 spiro atoms. The van der Waals surface area contributed by atoms with Gasteiger partial charge in [0.1, 0.15) is 0 Å². The van der Waals surface area contributed by atoms with Crippen LogP contribution in [0.2, 0.25) is 10.0 Å². The fourth-order valence-corrected chi connectivity index (χ4v) is 2.56. The van der Waals surface area contributed by atoms with Gasteiger partial charge in [0.05, 0.1) is 10.0 Å². The van der Waals surface area contributed by atoms with Crippen LogP contribution in [0.15, 0.2) is 18.2 Å². The average Bonchev–Trinajstić information content (AvgIpc) is 2.44. The Balaban J connectivity index is 1.89. The first-order valence-electron chi connectivity index (χ1n) is 6.63. The van der Waals surface area contributed by atoms with Crippen LogP contribution in [0.5, 0.6) is 0 Å². The van der Waals surface area contributed by atoms with Gasteiger partial charge in [0.25, 0.3) is 0 Å². The van der Waals surface area contributed by atoms with E-state index < -0.39 is 11.8 Å². The van der Waals surface area contributed by atoms with Crippen molar-refractivity contribution in [3.63, 3.8) is 0 Å². The highest BCUT2D eigenvalue weighted by Gasteiger charge is 2.20. The first kappa shape index (κ1) is 15.1. The predicted molar refractivity (Wildman–Crippen MR) is 80.1 cm³/mol. The summed E-state index contributed by atoms with van der Waals surface area (Å²) < 4.78 is 0. The van der Waals surface area contributed by atoms with Crippen molar-refractivity contribution in [2.45, 2.75) is 38.1 Å². The fraction of sp³-hybridized carbons (Fsp3) is 0.429. The molecule has 6 heteroatoms. The van der Waals surface area contributed by atoms with E-state index >= 15 is 0 Å². The van der Waals surface area contributed by atoms with Crippen LogP contribution in [-0.4, -0.2) is 17.9 Å². The van der Waals surface area contributed by atoms with Crippen LogP contribution in [0, 0.1) is 0 Å². The summed E-state index contributed by atoms with van der Waals surface area (Å²) in [6.07, 6.45) is 5.26. The van der Waals surface area contributed by atoms with Gasteiger partial charge >= 0.3 is 11.8 Å². The summed E-state index contributed by atoms with van der Waals surface area (Å²) in [5.41, 5.74) is 0.447. The molecule has 1 aromatic carbocycles. The van der Waals surface area contributed by atoms with Crippen molar-refractivity contribution in [3.05, 3.63) is 28.2 Å². The Labute approximate surface area is 127 Å². The van der Waals surface area contributed by atoms with Crippen molar-refractivity contribution in [2.24, 2.45) is 0 Å². The number of nitrogens with one attached hydrogen (secondary N) is 2. The van der Waals surface area contributed by atoms with Gasteiger partial charge in [-0.15, -0.1) is 0 Å². The Bertz CT molecular complexity index is 514. The van der Waals surface area contributed by atoms with E-state index in [1.807, 2.05) is 0 Å². The number of carbonyl (C=O) groups excluding carboxylic acids is 2. The molecule has 1 aromatic rings. The number of hydrogen-bond donors (Lipinski definition) is 2. The zero-order valence-corrected chi connectivity index (χ0v) is 12.4. The lowest BCUT2D eigenvalue weighted by atomic mass is 9.95. The largest absolute Gasteiger partial charge is 0.345 e. The summed E-state index contributed by atoms with van der Waals surface area (Å²) in [7, 11) is 0. The van der Waals surface area contributed by atoms with Crippen LogP contribution >= 0.6 is 23.2 Å². The molecule has 1 fully saturated rings. The summed E-state index contributed by atoms with van der Waals surface area (Å²) in [5, 5.41) is 5.99. The van der Waals surface area contributed by atoms with E-state index in [9.17, 15) is 9.59 Å². The Hall–Kier alpha value is -1.26. The highest BCUT2D eigenvalue weighted by atomic mass is 35.5. The molecular formula is C14H16Cl2N2O2. The molecule has 20 heavy (non-hydrogen) atoms. The van der Waals surface area contributed by atoms with Crippen LogP contribution in [0.1, 0.15) is 32.1 Å². The quantitative estimate of drug-likeness (QED) is 0.822. The van der Waals surface area contributed by atoms with E-state index in [2.05, 4.69) is 10.6 Å². The van der Waals surface area contributed by atoms with Gasteiger partial charge in [-0.25, -0.2) is 0 Å². The minimum atomic E-state index is -0.686. The van der Waals surface area contributed by atoms with E-state index in [0.29, 0.717) is 15.7 Å². The molecule has 0 aliphatic heterocycles. The zero-order valence-electron chi connectivity index (χ0n) is 10.9. The average molecular weight is 315 g/mol. The highest BCUT2D eigenvalue weighted by Crippen LogP contribution is 2.25. The Kier molecular flexibility index (Phi) is 5.26. The van der Waals surface area contributed by atoms with Gasteiger partial charge in [0.15, 0.2) is 0 Å². The number of halogens is 2. The standard InChI is InChI=1S/C14H16Cl2N2O2/c15-11-7-6-10(8-12(11)16)18-14(20)13(19)17-9-4-2-1-3-5-9/h6-9H,1-5H2,(H,17,19)(H,18,20). The molecule has 1 aliphatic rings. The summed E-state index contributed by atoms with van der Waals surface area (Å²) in [6, 6.07) is 4.78. The summed E-state index contributed by atoms with van der Waals surface area (Å²) in [6.45, 7) is 0. The van der Waals surface area contributed by atoms with Gasteiger partial charge in [-0.05, 0) is 31.0 Å². The van der Waals surface area contributed by atoms with Crippen molar-refractivity contribution in [3.8, 4) is 0 Å². The van der Waals surface area contributed by atoms with Gasteiger partial charge in [-0.2, -0.15) is 0 Å². The number of hydrogen-bond acceptors (Lipinski definition) is 2. The van der Waals surface area contributed by atoms with Crippen LogP contribution < -0.4 is 10.6 Å². The third-order valence-corrected chi connectivity index (χ3v) is 4.06. The van der Waals surface area contributed by atoms with E-state index in [1.54, 1.807) is 12.1 Å². The lowest BCUT2D eigenvalue weighted by molar-refractivity contribution is -0.136. The monoisotopic (exact) mass is 314 g/mol. The molecule has 0 bridgehead atoms. The molecule has 2 amide bonds. The van der Waals surface area contributed by atoms with E-state index in [1.165, 1.54) is 12.5 Å². The first-order chi connectivity index (χ1) is 9.56. The molecule has 4 nitrogen and oxygen atoms in total. The number of carbonyl (C=O) groups is 2. The number of benzene rings is 1. The lowest BCUT2D eigenvalue weighted by Crippen LogP contribution is -2.42. The van der Waals surface area contributed by atoms with Gasteiger partial charge < -0.3 is 10.6 Å². The minimum Gasteiger partial charge on any atom is -0.345 e. The van der Waals surface area contributed by atoms with E-state index in [4.69, 9.17) is 23.2 Å². The minimum absolute atomic E-state index is 0.107. The third-order valence-electron chi connectivity index (χ3n) is 3.32. The maximum atomic E-state index is 11.8. The molecule has 1 saturated carbocycles. The second kappa shape index (κ2) is 6.95. The summed E-state index contributed by atoms with van der Waals surface area (Å²) >= 11 is 11.6. The molecule has 0 aromatic heterocycles. The molecule has 0 atom stereocenters. The Morgan fingerprint density at radius 2 is 1.70 bits per heavy atom. The van der Waals surface area contributed by atoms with Gasteiger partial charge in [-0.3, -0.25) is 9.59 Å².